The Balaban J connectivity index is 2.17. The molecule has 23 heavy (non-hydrogen) atoms. The highest BCUT2D eigenvalue weighted by molar-refractivity contribution is 5.74. The number of carbonyl (C=O) groups excluding carboxylic acids is 1. The van der Waals surface area contributed by atoms with Crippen LogP contribution in [0.4, 0.5) is 0 Å². The minimum atomic E-state index is -0.391. The smallest absolute Gasteiger partial charge is 0.217 e. The molecule has 1 aromatic carbocycles. The lowest BCUT2D eigenvalue weighted by Crippen LogP contribution is -2.39. The Morgan fingerprint density at radius 1 is 1.09 bits per heavy atom. The quantitative estimate of drug-likeness (QED) is 0.910. The maximum Gasteiger partial charge on any atom is 0.217 e. The number of aromatic nitrogens is 1. The van der Waals surface area contributed by atoms with Crippen molar-refractivity contribution in [2.75, 3.05) is 0 Å². The molecule has 0 atom stereocenters. The van der Waals surface area contributed by atoms with Crippen LogP contribution in [-0.2, 0) is 10.3 Å². The maximum atomic E-state index is 11.3. The molecule has 0 fully saturated rings. The first-order valence-electron chi connectivity index (χ1n) is 7.80. The molecule has 4 heteroatoms. The Kier molecular flexibility index (Phi) is 5.04. The van der Waals surface area contributed by atoms with E-state index in [-0.39, 0.29) is 12.0 Å². The lowest BCUT2D eigenvalue weighted by molar-refractivity contribution is -0.120. The minimum absolute atomic E-state index is 0.0379. The van der Waals surface area contributed by atoms with Crippen molar-refractivity contribution in [2.45, 2.75) is 46.3 Å². The van der Waals surface area contributed by atoms with Crippen molar-refractivity contribution in [1.29, 1.82) is 0 Å². The minimum Gasteiger partial charge on any atom is -0.475 e. The summed E-state index contributed by atoms with van der Waals surface area (Å²) in [5.74, 6) is 0.594. The molecule has 0 aliphatic rings. The number of nitrogens with zero attached hydrogens (tertiary/aromatic N) is 1. The fourth-order valence-corrected chi connectivity index (χ4v) is 2.45. The average Bonchev–Trinajstić information content (AvgIpc) is 2.46. The molecule has 1 heterocycles. The fourth-order valence-electron chi connectivity index (χ4n) is 2.45. The Morgan fingerprint density at radius 3 is 2.17 bits per heavy atom. The van der Waals surface area contributed by atoms with Gasteiger partial charge in [0.25, 0.3) is 0 Å². The third-order valence-electron chi connectivity index (χ3n) is 3.52. The second-order valence-corrected chi connectivity index (χ2v) is 6.44. The molecule has 0 bridgehead atoms. The van der Waals surface area contributed by atoms with Crippen LogP contribution in [-0.4, -0.2) is 17.0 Å². The molecular weight excluding hydrogens is 288 g/mol. The number of amides is 1. The van der Waals surface area contributed by atoms with E-state index in [1.807, 2.05) is 70.3 Å². The predicted molar refractivity (Wildman–Crippen MR) is 92.3 cm³/mol. The third kappa shape index (κ3) is 4.55. The van der Waals surface area contributed by atoms with E-state index in [4.69, 9.17) is 4.74 Å². The first kappa shape index (κ1) is 17.0. The third-order valence-corrected chi connectivity index (χ3v) is 3.52. The lowest BCUT2D eigenvalue weighted by atomic mass is 9.92. The molecule has 0 aliphatic carbocycles. The van der Waals surface area contributed by atoms with Gasteiger partial charge in [-0.15, -0.1) is 0 Å². The molecule has 122 valence electrons. The summed E-state index contributed by atoms with van der Waals surface area (Å²) in [4.78, 5) is 15.6. The van der Waals surface area contributed by atoms with E-state index < -0.39 is 5.54 Å². The van der Waals surface area contributed by atoms with E-state index in [1.54, 1.807) is 0 Å². The van der Waals surface area contributed by atoms with Gasteiger partial charge in [-0.1, -0.05) is 24.3 Å². The van der Waals surface area contributed by atoms with Crippen LogP contribution in [0, 0.1) is 0 Å². The van der Waals surface area contributed by atoms with Gasteiger partial charge in [0.15, 0.2) is 0 Å². The zero-order chi connectivity index (χ0) is 17.0. The molecule has 0 aliphatic heterocycles. The standard InChI is InChI=1S/C19H24N2O2/c1-13(2)23-18-11-8-16(12-20-18)15-6-9-17(10-7-15)19(4,5)21-14(3)22/h6-13H,1-5H3,(H,21,22). The molecule has 4 nitrogen and oxygen atoms in total. The molecule has 0 radical (unpaired) electrons. The molecule has 1 aromatic heterocycles. The summed E-state index contributed by atoms with van der Waals surface area (Å²) in [6, 6.07) is 12.0. The number of benzene rings is 1. The van der Waals surface area contributed by atoms with Gasteiger partial charge < -0.3 is 10.1 Å². The van der Waals surface area contributed by atoms with Gasteiger partial charge >= 0.3 is 0 Å². The SMILES string of the molecule is CC(=O)NC(C)(C)c1ccc(-c2ccc(OC(C)C)nc2)cc1. The Labute approximate surface area is 137 Å². The second-order valence-electron chi connectivity index (χ2n) is 6.44. The summed E-state index contributed by atoms with van der Waals surface area (Å²) in [7, 11) is 0. The highest BCUT2D eigenvalue weighted by Gasteiger charge is 2.21. The van der Waals surface area contributed by atoms with Gasteiger partial charge in [-0.25, -0.2) is 4.98 Å². The summed E-state index contributed by atoms with van der Waals surface area (Å²) in [5, 5.41) is 2.95. The van der Waals surface area contributed by atoms with Gasteiger partial charge in [0.2, 0.25) is 11.8 Å². The summed E-state index contributed by atoms with van der Waals surface area (Å²) >= 11 is 0. The van der Waals surface area contributed by atoms with Crippen LogP contribution in [0.25, 0.3) is 11.1 Å². The number of hydrogen-bond donors (Lipinski definition) is 1. The van der Waals surface area contributed by atoms with Crippen LogP contribution in [0.15, 0.2) is 42.6 Å². The largest absolute Gasteiger partial charge is 0.475 e. The van der Waals surface area contributed by atoms with E-state index >= 15 is 0 Å². The average molecular weight is 312 g/mol. The Bertz CT molecular complexity index is 659. The van der Waals surface area contributed by atoms with Crippen LogP contribution in [0.1, 0.15) is 40.2 Å². The molecule has 2 aromatic rings. The second kappa shape index (κ2) is 6.82. The van der Waals surface area contributed by atoms with Crippen molar-refractivity contribution < 1.29 is 9.53 Å². The summed E-state index contributed by atoms with van der Waals surface area (Å²) in [6.45, 7) is 9.46. The topological polar surface area (TPSA) is 51.2 Å². The molecule has 0 saturated heterocycles. The maximum absolute atomic E-state index is 11.3. The molecule has 0 unspecified atom stereocenters. The van der Waals surface area contributed by atoms with Crippen LogP contribution < -0.4 is 10.1 Å². The van der Waals surface area contributed by atoms with Gasteiger partial charge in [0.05, 0.1) is 11.6 Å². The van der Waals surface area contributed by atoms with E-state index in [1.165, 1.54) is 6.92 Å². The van der Waals surface area contributed by atoms with Gasteiger partial charge in [-0.05, 0) is 44.9 Å². The van der Waals surface area contributed by atoms with Crippen molar-refractivity contribution in [1.82, 2.24) is 10.3 Å². The van der Waals surface area contributed by atoms with E-state index in [9.17, 15) is 4.79 Å². The number of hydrogen-bond acceptors (Lipinski definition) is 3. The summed E-state index contributed by atoms with van der Waals surface area (Å²) < 4.78 is 5.55. The van der Waals surface area contributed by atoms with Crippen molar-refractivity contribution in [3.05, 3.63) is 48.2 Å². The van der Waals surface area contributed by atoms with Crippen LogP contribution in [0.5, 0.6) is 5.88 Å². The normalized spacial score (nSPS) is 11.4. The van der Waals surface area contributed by atoms with E-state index in [0.29, 0.717) is 5.88 Å². The van der Waals surface area contributed by atoms with Crippen molar-refractivity contribution in [2.24, 2.45) is 0 Å². The number of nitrogens with one attached hydrogen (secondary N) is 1. The van der Waals surface area contributed by atoms with E-state index in [2.05, 4.69) is 10.3 Å². The van der Waals surface area contributed by atoms with Crippen molar-refractivity contribution in [3.63, 3.8) is 0 Å². The number of carbonyl (C=O) groups is 1. The molecule has 0 spiro atoms. The number of pyridine rings is 1. The Hall–Kier alpha value is -2.36. The van der Waals surface area contributed by atoms with Crippen LogP contribution >= 0.6 is 0 Å². The monoisotopic (exact) mass is 312 g/mol. The van der Waals surface area contributed by atoms with E-state index in [0.717, 1.165) is 16.7 Å². The summed E-state index contributed by atoms with van der Waals surface area (Å²) in [6.07, 6.45) is 1.93. The molecule has 1 N–H and O–H groups in total. The zero-order valence-corrected chi connectivity index (χ0v) is 14.4. The molecular formula is C19H24N2O2. The zero-order valence-electron chi connectivity index (χ0n) is 14.4. The lowest BCUT2D eigenvalue weighted by Gasteiger charge is -2.26. The summed E-state index contributed by atoms with van der Waals surface area (Å²) in [5.41, 5.74) is 2.78. The van der Waals surface area contributed by atoms with Gasteiger partial charge in [0, 0.05) is 24.8 Å². The predicted octanol–water partition coefficient (Wildman–Crippen LogP) is 3.91. The van der Waals surface area contributed by atoms with Crippen LogP contribution in [0.2, 0.25) is 0 Å². The van der Waals surface area contributed by atoms with Gasteiger partial charge in [-0.2, -0.15) is 0 Å². The van der Waals surface area contributed by atoms with Crippen molar-refractivity contribution >= 4 is 5.91 Å². The highest BCUT2D eigenvalue weighted by Crippen LogP contribution is 2.25. The molecule has 0 saturated carbocycles. The first-order valence-corrected chi connectivity index (χ1v) is 7.80. The molecule has 2 rings (SSSR count). The van der Waals surface area contributed by atoms with Gasteiger partial charge in [0.1, 0.15) is 0 Å². The highest BCUT2D eigenvalue weighted by atomic mass is 16.5. The van der Waals surface area contributed by atoms with Gasteiger partial charge in [-0.3, -0.25) is 4.79 Å². The number of ether oxygens (including phenoxy) is 1. The molecule has 1 amide bonds. The number of rotatable bonds is 5. The van der Waals surface area contributed by atoms with Crippen molar-refractivity contribution in [3.8, 4) is 17.0 Å². The fraction of sp³-hybridized carbons (Fsp3) is 0.368. The Morgan fingerprint density at radius 2 is 1.70 bits per heavy atom. The van der Waals surface area contributed by atoms with Crippen LogP contribution in [0.3, 0.4) is 0 Å². The first-order chi connectivity index (χ1) is 10.8.